The summed E-state index contributed by atoms with van der Waals surface area (Å²) in [7, 11) is 1.44. The number of benzene rings is 1. The zero-order chi connectivity index (χ0) is 22.5. The van der Waals surface area contributed by atoms with Gasteiger partial charge >= 0.3 is 11.7 Å². The predicted molar refractivity (Wildman–Crippen MR) is 112 cm³/mol. The quantitative estimate of drug-likeness (QED) is 0.642. The summed E-state index contributed by atoms with van der Waals surface area (Å²) in [6.45, 7) is 2.08. The van der Waals surface area contributed by atoms with Gasteiger partial charge < -0.3 is 19.5 Å². The number of para-hydroxylation sites is 1. The molecule has 0 aliphatic carbocycles. The highest BCUT2D eigenvalue weighted by Crippen LogP contribution is 2.18. The second-order valence-corrected chi connectivity index (χ2v) is 7.55. The van der Waals surface area contributed by atoms with Crippen molar-refractivity contribution in [2.24, 2.45) is 5.92 Å². The van der Waals surface area contributed by atoms with Gasteiger partial charge in [-0.25, -0.2) is 4.79 Å². The zero-order valence-corrected chi connectivity index (χ0v) is 17.6. The van der Waals surface area contributed by atoms with Crippen LogP contribution in [-0.4, -0.2) is 70.4 Å². The molecule has 1 saturated heterocycles. The number of fused-ring (bicyclic) bond motifs is 1. The van der Waals surface area contributed by atoms with Crippen molar-refractivity contribution < 1.29 is 19.1 Å². The van der Waals surface area contributed by atoms with Gasteiger partial charge in [0.1, 0.15) is 6.54 Å². The van der Waals surface area contributed by atoms with E-state index in [2.05, 4.69) is 4.98 Å². The molecule has 31 heavy (non-hydrogen) atoms. The number of hydrogen-bond donors (Lipinski definition) is 1. The molecule has 1 aliphatic heterocycles. The van der Waals surface area contributed by atoms with Crippen molar-refractivity contribution in [1.82, 2.24) is 19.4 Å². The van der Waals surface area contributed by atoms with Gasteiger partial charge in [-0.3, -0.25) is 23.7 Å². The number of ether oxygens (including phenoxy) is 1. The SMILES string of the molecule is CCOC(=O)C1CCCN(C(=O)CN(C)C(=O)Cn2c(=O)[nH]c3ccccc3c2=O)C1. The van der Waals surface area contributed by atoms with E-state index < -0.39 is 23.7 Å². The molecule has 166 valence electrons. The Bertz CT molecular complexity index is 1100. The van der Waals surface area contributed by atoms with Crippen molar-refractivity contribution in [2.75, 3.05) is 33.3 Å². The van der Waals surface area contributed by atoms with Crippen LogP contribution < -0.4 is 11.2 Å². The maximum Gasteiger partial charge on any atom is 0.329 e. The Morgan fingerprint density at radius 2 is 1.97 bits per heavy atom. The smallest absolute Gasteiger partial charge is 0.329 e. The molecule has 10 nitrogen and oxygen atoms in total. The van der Waals surface area contributed by atoms with E-state index in [-0.39, 0.29) is 37.5 Å². The lowest BCUT2D eigenvalue weighted by molar-refractivity contribution is -0.152. The molecule has 1 aliphatic rings. The van der Waals surface area contributed by atoms with Crippen LogP contribution in [0.2, 0.25) is 0 Å². The van der Waals surface area contributed by atoms with Gasteiger partial charge in [-0.05, 0) is 31.9 Å². The van der Waals surface area contributed by atoms with Crippen LogP contribution in [0.4, 0.5) is 0 Å². The second kappa shape index (κ2) is 9.59. The first-order valence-electron chi connectivity index (χ1n) is 10.2. The van der Waals surface area contributed by atoms with E-state index in [1.54, 1.807) is 36.1 Å². The van der Waals surface area contributed by atoms with Gasteiger partial charge in [-0.15, -0.1) is 0 Å². The number of carbonyl (C=O) groups is 3. The number of H-pyrrole nitrogens is 1. The van der Waals surface area contributed by atoms with Gasteiger partial charge in [0, 0.05) is 20.1 Å². The lowest BCUT2D eigenvalue weighted by Gasteiger charge is -2.32. The Kier molecular flexibility index (Phi) is 6.88. The summed E-state index contributed by atoms with van der Waals surface area (Å²) in [5.41, 5.74) is -0.864. The van der Waals surface area contributed by atoms with Crippen molar-refractivity contribution in [1.29, 1.82) is 0 Å². The number of likely N-dealkylation sites (tertiary alicyclic amines) is 1. The fraction of sp³-hybridized carbons (Fsp3) is 0.476. The highest BCUT2D eigenvalue weighted by Gasteiger charge is 2.30. The molecular weight excluding hydrogens is 404 g/mol. The zero-order valence-electron chi connectivity index (χ0n) is 17.6. The third kappa shape index (κ3) is 5.01. The van der Waals surface area contributed by atoms with E-state index in [0.29, 0.717) is 30.3 Å². The minimum absolute atomic E-state index is 0.214. The Balaban J connectivity index is 1.65. The van der Waals surface area contributed by atoms with Crippen LogP contribution in [-0.2, 0) is 25.7 Å². The monoisotopic (exact) mass is 430 g/mol. The molecule has 1 aromatic heterocycles. The number of nitrogens with one attached hydrogen (secondary N) is 1. The summed E-state index contributed by atoms with van der Waals surface area (Å²) in [6, 6.07) is 6.54. The summed E-state index contributed by atoms with van der Waals surface area (Å²) >= 11 is 0. The van der Waals surface area contributed by atoms with Gasteiger partial charge in [-0.2, -0.15) is 0 Å². The number of carbonyl (C=O) groups excluding carboxylic acids is 3. The number of hydrogen-bond acceptors (Lipinski definition) is 6. The van der Waals surface area contributed by atoms with Crippen molar-refractivity contribution in [3.05, 3.63) is 45.1 Å². The summed E-state index contributed by atoms with van der Waals surface area (Å²) < 4.78 is 5.86. The number of piperidine rings is 1. The third-order valence-corrected chi connectivity index (χ3v) is 5.37. The van der Waals surface area contributed by atoms with Gasteiger partial charge in [0.2, 0.25) is 11.8 Å². The van der Waals surface area contributed by atoms with Crippen molar-refractivity contribution in [3.8, 4) is 0 Å². The molecule has 10 heteroatoms. The number of esters is 1. The molecule has 2 amide bonds. The van der Waals surface area contributed by atoms with Crippen LogP contribution in [0.1, 0.15) is 19.8 Å². The van der Waals surface area contributed by atoms with E-state index >= 15 is 0 Å². The molecule has 1 aromatic carbocycles. The molecule has 1 unspecified atom stereocenters. The summed E-state index contributed by atoms with van der Waals surface area (Å²) in [5.74, 6) is -1.53. The average Bonchev–Trinajstić information content (AvgIpc) is 2.76. The van der Waals surface area contributed by atoms with E-state index in [9.17, 15) is 24.0 Å². The number of likely N-dealkylation sites (N-methyl/N-ethyl adjacent to an activating group) is 1. The van der Waals surface area contributed by atoms with E-state index in [4.69, 9.17) is 4.74 Å². The topological polar surface area (TPSA) is 122 Å². The molecule has 2 aromatic rings. The lowest BCUT2D eigenvalue weighted by atomic mass is 9.98. The minimum atomic E-state index is -0.690. The molecule has 0 bridgehead atoms. The Morgan fingerprint density at radius 3 is 2.71 bits per heavy atom. The second-order valence-electron chi connectivity index (χ2n) is 7.55. The molecule has 3 rings (SSSR count). The van der Waals surface area contributed by atoms with E-state index in [1.165, 1.54) is 11.9 Å². The lowest BCUT2D eigenvalue weighted by Crippen LogP contribution is -2.48. The maximum absolute atomic E-state index is 12.6. The number of aromatic amines is 1. The first-order chi connectivity index (χ1) is 14.8. The van der Waals surface area contributed by atoms with Crippen LogP contribution >= 0.6 is 0 Å². The highest BCUT2D eigenvalue weighted by molar-refractivity contribution is 5.85. The largest absolute Gasteiger partial charge is 0.466 e. The standard InChI is InChI=1S/C21H26N4O6/c1-3-31-20(29)14-7-6-10-24(11-14)18(27)12-23(2)17(26)13-25-19(28)15-8-4-5-9-16(15)22-21(25)30/h4-5,8-9,14H,3,6-7,10-13H2,1-2H3,(H,22,30). The number of aromatic nitrogens is 2. The highest BCUT2D eigenvalue weighted by atomic mass is 16.5. The van der Waals surface area contributed by atoms with Crippen LogP contribution in [0.3, 0.4) is 0 Å². The van der Waals surface area contributed by atoms with Crippen molar-refractivity contribution in [3.63, 3.8) is 0 Å². The first-order valence-corrected chi connectivity index (χ1v) is 10.2. The molecule has 1 N–H and O–H groups in total. The molecule has 1 fully saturated rings. The maximum atomic E-state index is 12.6. The molecule has 0 saturated carbocycles. The fourth-order valence-corrected chi connectivity index (χ4v) is 3.65. The third-order valence-electron chi connectivity index (χ3n) is 5.37. The van der Waals surface area contributed by atoms with E-state index in [0.717, 1.165) is 4.57 Å². The number of amides is 2. The van der Waals surface area contributed by atoms with Crippen LogP contribution in [0.15, 0.2) is 33.9 Å². The van der Waals surface area contributed by atoms with Crippen molar-refractivity contribution >= 4 is 28.7 Å². The van der Waals surface area contributed by atoms with Crippen molar-refractivity contribution in [2.45, 2.75) is 26.3 Å². The van der Waals surface area contributed by atoms with E-state index in [1.807, 2.05) is 0 Å². The Morgan fingerprint density at radius 1 is 1.23 bits per heavy atom. The average molecular weight is 430 g/mol. The predicted octanol–water partition coefficient (Wildman–Crippen LogP) is -0.0501. The summed E-state index contributed by atoms with van der Waals surface area (Å²) in [6.07, 6.45) is 1.33. The summed E-state index contributed by atoms with van der Waals surface area (Å²) in [4.78, 5) is 67.3. The molecule has 0 radical (unpaired) electrons. The Labute approximate surface area is 178 Å². The van der Waals surface area contributed by atoms with Gasteiger partial charge in [0.25, 0.3) is 5.56 Å². The molecular formula is C21H26N4O6. The molecule has 0 spiro atoms. The van der Waals surface area contributed by atoms with Crippen LogP contribution in [0.25, 0.3) is 10.9 Å². The van der Waals surface area contributed by atoms with Gasteiger partial charge in [-0.1, -0.05) is 12.1 Å². The normalized spacial score (nSPS) is 16.2. The fourth-order valence-electron chi connectivity index (χ4n) is 3.65. The number of rotatable bonds is 6. The minimum Gasteiger partial charge on any atom is -0.466 e. The van der Waals surface area contributed by atoms with Crippen LogP contribution in [0.5, 0.6) is 0 Å². The van der Waals surface area contributed by atoms with Gasteiger partial charge in [0.15, 0.2) is 0 Å². The first kappa shape index (κ1) is 22.3. The molecule has 1 atom stereocenters. The number of nitrogens with zero attached hydrogens (tertiary/aromatic N) is 3. The Hall–Kier alpha value is -3.43. The van der Waals surface area contributed by atoms with Crippen LogP contribution in [0, 0.1) is 5.92 Å². The molecule has 2 heterocycles. The van der Waals surface area contributed by atoms with Gasteiger partial charge in [0.05, 0.1) is 30.0 Å². The summed E-state index contributed by atoms with van der Waals surface area (Å²) in [5, 5.41) is 0.298.